The third kappa shape index (κ3) is 5.20. The zero-order valence-electron chi connectivity index (χ0n) is 19.1. The van der Waals surface area contributed by atoms with E-state index in [1.807, 2.05) is 39.0 Å². The van der Waals surface area contributed by atoms with Crippen LogP contribution in [0.1, 0.15) is 56.2 Å². The summed E-state index contributed by atoms with van der Waals surface area (Å²) < 4.78 is 5.33. The summed E-state index contributed by atoms with van der Waals surface area (Å²) in [5.41, 5.74) is 4.82. The molecule has 1 aliphatic rings. The Kier molecular flexibility index (Phi) is 6.53. The molecule has 0 radical (unpaired) electrons. The number of carbonyl (C=O) groups is 3. The highest BCUT2D eigenvalue weighted by Crippen LogP contribution is 2.28. The number of aromatic nitrogens is 2. The van der Waals surface area contributed by atoms with Gasteiger partial charge in [0.25, 0.3) is 17.7 Å². The molecule has 34 heavy (non-hydrogen) atoms. The smallest absolute Gasteiger partial charge is 0.270 e. The predicted molar refractivity (Wildman–Crippen MR) is 126 cm³/mol. The summed E-state index contributed by atoms with van der Waals surface area (Å²) in [7, 11) is 0. The molecule has 4 rings (SSSR count). The summed E-state index contributed by atoms with van der Waals surface area (Å²) in [5, 5.41) is 8.40. The molecule has 1 atom stereocenters. The molecule has 1 aromatic heterocycles. The standard InChI is InChI=1S/C25H25N5O4/c1-14-4-6-18(8-15(14)2)16(3)29-25(33)21-10-20(27-13-28-21)24(32)26-11-17-5-7-22-19(9-17)30-23(31)12-34-22/h4-10,13,16H,11-12H2,1-3H3,(H,26,32)(H,29,33)(H,30,31)/t16-/m0/s1. The van der Waals surface area contributed by atoms with E-state index >= 15 is 0 Å². The minimum atomic E-state index is -0.448. The normalized spacial score (nSPS) is 13.2. The van der Waals surface area contributed by atoms with Crippen molar-refractivity contribution in [3.8, 4) is 5.75 Å². The quantitative estimate of drug-likeness (QED) is 0.521. The zero-order valence-corrected chi connectivity index (χ0v) is 19.1. The molecule has 0 fully saturated rings. The number of nitrogens with zero attached hydrogens (tertiary/aromatic N) is 2. The maximum absolute atomic E-state index is 12.7. The van der Waals surface area contributed by atoms with Gasteiger partial charge in [-0.3, -0.25) is 14.4 Å². The first-order chi connectivity index (χ1) is 16.3. The van der Waals surface area contributed by atoms with Crippen molar-refractivity contribution >= 4 is 23.4 Å². The summed E-state index contributed by atoms with van der Waals surface area (Å²) in [6.07, 6.45) is 1.19. The van der Waals surface area contributed by atoms with E-state index in [1.54, 1.807) is 18.2 Å². The predicted octanol–water partition coefficient (Wildman–Crippen LogP) is 2.85. The van der Waals surface area contributed by atoms with Crippen LogP contribution in [0.15, 0.2) is 48.8 Å². The number of benzene rings is 2. The Morgan fingerprint density at radius 1 is 1.03 bits per heavy atom. The van der Waals surface area contributed by atoms with Crippen LogP contribution < -0.4 is 20.7 Å². The highest BCUT2D eigenvalue weighted by Gasteiger charge is 2.18. The van der Waals surface area contributed by atoms with Crippen LogP contribution in [0, 0.1) is 13.8 Å². The van der Waals surface area contributed by atoms with Gasteiger partial charge in [0.05, 0.1) is 11.7 Å². The molecule has 174 valence electrons. The Labute approximate surface area is 197 Å². The molecule has 0 saturated carbocycles. The number of anilines is 1. The van der Waals surface area contributed by atoms with E-state index in [1.165, 1.54) is 18.0 Å². The van der Waals surface area contributed by atoms with Gasteiger partial charge in [0.2, 0.25) is 0 Å². The molecule has 3 amide bonds. The van der Waals surface area contributed by atoms with Crippen molar-refractivity contribution in [1.29, 1.82) is 0 Å². The summed E-state index contributed by atoms with van der Waals surface area (Å²) in [4.78, 5) is 44.8. The highest BCUT2D eigenvalue weighted by molar-refractivity contribution is 5.97. The van der Waals surface area contributed by atoms with Crippen LogP contribution in [0.4, 0.5) is 5.69 Å². The van der Waals surface area contributed by atoms with Gasteiger partial charge in [0, 0.05) is 12.6 Å². The van der Waals surface area contributed by atoms with Gasteiger partial charge in [-0.25, -0.2) is 9.97 Å². The third-order valence-corrected chi connectivity index (χ3v) is 5.64. The second kappa shape index (κ2) is 9.70. The zero-order chi connectivity index (χ0) is 24.2. The lowest BCUT2D eigenvalue weighted by atomic mass is 10.0. The summed E-state index contributed by atoms with van der Waals surface area (Å²) in [5.74, 6) is -0.493. The van der Waals surface area contributed by atoms with Gasteiger partial charge >= 0.3 is 0 Å². The highest BCUT2D eigenvalue weighted by atomic mass is 16.5. The fraction of sp³-hybridized carbons (Fsp3) is 0.240. The molecule has 3 N–H and O–H groups in total. The van der Waals surface area contributed by atoms with Gasteiger partial charge in [0.15, 0.2) is 6.61 Å². The number of nitrogens with one attached hydrogen (secondary N) is 3. The van der Waals surface area contributed by atoms with Crippen molar-refractivity contribution in [2.45, 2.75) is 33.4 Å². The van der Waals surface area contributed by atoms with Crippen LogP contribution in [0.2, 0.25) is 0 Å². The molecule has 9 heteroatoms. The van der Waals surface area contributed by atoms with E-state index in [9.17, 15) is 14.4 Å². The lowest BCUT2D eigenvalue weighted by Gasteiger charge is -2.18. The third-order valence-electron chi connectivity index (χ3n) is 5.64. The summed E-state index contributed by atoms with van der Waals surface area (Å²) >= 11 is 0. The van der Waals surface area contributed by atoms with Crippen LogP contribution in [-0.2, 0) is 11.3 Å². The Hall–Kier alpha value is -4.27. The molecule has 0 unspecified atom stereocenters. The van der Waals surface area contributed by atoms with E-state index in [-0.39, 0.29) is 36.5 Å². The average molecular weight is 460 g/mol. The number of amides is 3. The van der Waals surface area contributed by atoms with Crippen molar-refractivity contribution in [3.63, 3.8) is 0 Å². The van der Waals surface area contributed by atoms with Gasteiger partial charge in [-0.1, -0.05) is 24.3 Å². The fourth-order valence-electron chi connectivity index (χ4n) is 3.51. The molecule has 0 bridgehead atoms. The minimum absolute atomic E-state index is 0.0177. The lowest BCUT2D eigenvalue weighted by molar-refractivity contribution is -0.118. The van der Waals surface area contributed by atoms with Crippen molar-refractivity contribution in [2.75, 3.05) is 11.9 Å². The second-order valence-corrected chi connectivity index (χ2v) is 8.18. The van der Waals surface area contributed by atoms with Crippen LogP contribution in [0.3, 0.4) is 0 Å². The minimum Gasteiger partial charge on any atom is -0.482 e. The van der Waals surface area contributed by atoms with Crippen LogP contribution in [-0.4, -0.2) is 34.3 Å². The molecular weight excluding hydrogens is 434 g/mol. The number of hydrogen-bond acceptors (Lipinski definition) is 6. The molecule has 0 saturated heterocycles. The van der Waals surface area contributed by atoms with Crippen LogP contribution in [0.25, 0.3) is 0 Å². The largest absolute Gasteiger partial charge is 0.482 e. The molecule has 0 aliphatic carbocycles. The number of ether oxygens (including phenoxy) is 1. The van der Waals surface area contributed by atoms with Crippen LogP contribution >= 0.6 is 0 Å². The van der Waals surface area contributed by atoms with E-state index in [2.05, 4.69) is 25.9 Å². The number of fused-ring (bicyclic) bond motifs is 1. The maximum Gasteiger partial charge on any atom is 0.270 e. The lowest BCUT2D eigenvalue weighted by Crippen LogP contribution is -2.29. The first-order valence-corrected chi connectivity index (χ1v) is 10.8. The van der Waals surface area contributed by atoms with Crippen molar-refractivity contribution in [2.24, 2.45) is 0 Å². The number of rotatable bonds is 6. The topological polar surface area (TPSA) is 122 Å². The maximum atomic E-state index is 12.7. The van der Waals surface area contributed by atoms with Gasteiger partial charge in [-0.2, -0.15) is 0 Å². The first kappa shape index (κ1) is 22.9. The monoisotopic (exact) mass is 459 g/mol. The molecule has 2 aromatic carbocycles. The summed E-state index contributed by atoms with van der Waals surface area (Å²) in [6, 6.07) is 12.4. The van der Waals surface area contributed by atoms with E-state index in [4.69, 9.17) is 4.74 Å². The van der Waals surface area contributed by atoms with Gasteiger partial charge < -0.3 is 20.7 Å². The molecule has 2 heterocycles. The van der Waals surface area contributed by atoms with E-state index < -0.39 is 11.8 Å². The van der Waals surface area contributed by atoms with Crippen molar-refractivity contribution in [1.82, 2.24) is 20.6 Å². The average Bonchev–Trinajstić information content (AvgIpc) is 2.83. The fourth-order valence-corrected chi connectivity index (χ4v) is 3.51. The number of carbonyl (C=O) groups excluding carboxylic acids is 3. The van der Waals surface area contributed by atoms with E-state index in [0.29, 0.717) is 11.4 Å². The summed E-state index contributed by atoms with van der Waals surface area (Å²) in [6.45, 7) is 6.14. The number of hydrogen-bond donors (Lipinski definition) is 3. The van der Waals surface area contributed by atoms with Gasteiger partial charge in [0.1, 0.15) is 23.5 Å². The molecular formula is C25H25N5O4. The Balaban J connectivity index is 1.39. The Morgan fingerprint density at radius 2 is 1.79 bits per heavy atom. The van der Waals surface area contributed by atoms with E-state index in [0.717, 1.165) is 16.7 Å². The van der Waals surface area contributed by atoms with Crippen molar-refractivity contribution in [3.05, 3.63) is 82.4 Å². The van der Waals surface area contributed by atoms with Crippen LogP contribution in [0.5, 0.6) is 5.75 Å². The van der Waals surface area contributed by atoms with Crippen molar-refractivity contribution < 1.29 is 19.1 Å². The van der Waals surface area contributed by atoms with Gasteiger partial charge in [-0.15, -0.1) is 0 Å². The second-order valence-electron chi connectivity index (χ2n) is 8.18. The van der Waals surface area contributed by atoms with Gasteiger partial charge in [-0.05, 0) is 55.2 Å². The Morgan fingerprint density at radius 3 is 2.56 bits per heavy atom. The SMILES string of the molecule is Cc1ccc([C@H](C)NC(=O)c2cc(C(=O)NCc3ccc4c(c3)NC(=O)CO4)ncn2)cc1C. The Bertz CT molecular complexity index is 1270. The first-order valence-electron chi connectivity index (χ1n) is 10.8. The molecule has 3 aromatic rings. The molecule has 0 spiro atoms. The molecule has 1 aliphatic heterocycles. The molecule has 9 nitrogen and oxygen atoms in total. The number of aryl methyl sites for hydroxylation is 2.